The average molecular weight is 266 g/mol. The van der Waals surface area contributed by atoms with Crippen molar-refractivity contribution < 1.29 is 22.8 Å². The highest BCUT2D eigenvalue weighted by Gasteiger charge is 2.38. The van der Waals surface area contributed by atoms with Crippen molar-refractivity contribution in [3.8, 4) is 0 Å². The van der Waals surface area contributed by atoms with E-state index in [-0.39, 0.29) is 24.8 Å². The SMILES string of the molecule is CCC(C)C1NC(=O)CCN(CC(F)(F)F)C1=O. The molecule has 1 aliphatic rings. The molecule has 1 aliphatic heterocycles. The van der Waals surface area contributed by atoms with Gasteiger partial charge in [0.05, 0.1) is 0 Å². The maximum atomic E-state index is 12.4. The zero-order valence-electron chi connectivity index (χ0n) is 10.4. The summed E-state index contributed by atoms with van der Waals surface area (Å²) in [7, 11) is 0. The number of hydrogen-bond donors (Lipinski definition) is 1. The number of nitrogens with zero attached hydrogens (tertiary/aromatic N) is 1. The van der Waals surface area contributed by atoms with Gasteiger partial charge in [-0.05, 0) is 5.92 Å². The van der Waals surface area contributed by atoms with E-state index < -0.39 is 24.7 Å². The van der Waals surface area contributed by atoms with E-state index in [1.54, 1.807) is 6.92 Å². The summed E-state index contributed by atoms with van der Waals surface area (Å²) in [6.07, 6.45) is -3.92. The van der Waals surface area contributed by atoms with Gasteiger partial charge < -0.3 is 10.2 Å². The fraction of sp³-hybridized carbons (Fsp3) is 0.818. The molecule has 1 rings (SSSR count). The van der Waals surface area contributed by atoms with Crippen LogP contribution in [-0.4, -0.2) is 42.0 Å². The number of carbonyl (C=O) groups is 2. The smallest absolute Gasteiger partial charge is 0.344 e. The summed E-state index contributed by atoms with van der Waals surface area (Å²) in [5, 5.41) is 2.50. The number of nitrogens with one attached hydrogen (secondary N) is 1. The molecule has 0 saturated carbocycles. The normalized spacial score (nSPS) is 23.6. The van der Waals surface area contributed by atoms with Crippen molar-refractivity contribution in [1.29, 1.82) is 0 Å². The van der Waals surface area contributed by atoms with Crippen molar-refractivity contribution in [3.05, 3.63) is 0 Å². The molecule has 0 radical (unpaired) electrons. The number of alkyl halides is 3. The zero-order valence-corrected chi connectivity index (χ0v) is 10.4. The molecule has 0 aromatic rings. The van der Waals surface area contributed by atoms with Crippen molar-refractivity contribution >= 4 is 11.8 Å². The maximum absolute atomic E-state index is 12.4. The van der Waals surface area contributed by atoms with Gasteiger partial charge in [0.25, 0.3) is 0 Å². The van der Waals surface area contributed by atoms with Crippen LogP contribution in [0.3, 0.4) is 0 Å². The van der Waals surface area contributed by atoms with Crippen LogP contribution in [0.1, 0.15) is 26.7 Å². The highest BCUT2D eigenvalue weighted by atomic mass is 19.4. The number of halogens is 3. The molecule has 0 bridgehead atoms. The van der Waals surface area contributed by atoms with Gasteiger partial charge >= 0.3 is 6.18 Å². The van der Waals surface area contributed by atoms with Gasteiger partial charge in [-0.15, -0.1) is 0 Å². The Labute approximate surface area is 104 Å². The van der Waals surface area contributed by atoms with Crippen LogP contribution >= 0.6 is 0 Å². The van der Waals surface area contributed by atoms with E-state index in [1.807, 2.05) is 6.92 Å². The summed E-state index contributed by atoms with van der Waals surface area (Å²) < 4.78 is 37.1. The Kier molecular flexibility index (Phi) is 4.59. The average Bonchev–Trinajstić information content (AvgIpc) is 2.39. The Morgan fingerprint density at radius 1 is 1.44 bits per heavy atom. The van der Waals surface area contributed by atoms with E-state index in [0.717, 1.165) is 0 Å². The number of amides is 2. The number of carbonyl (C=O) groups excluding carboxylic acids is 2. The standard InChI is InChI=1S/C11H17F3N2O2/c1-3-7(2)9-10(18)16(6-11(12,13)14)5-4-8(17)15-9/h7,9H,3-6H2,1-2H3,(H,15,17). The third-order valence-corrected chi connectivity index (χ3v) is 3.09. The van der Waals surface area contributed by atoms with Crippen molar-refractivity contribution in [2.45, 2.75) is 38.9 Å². The van der Waals surface area contributed by atoms with Crippen molar-refractivity contribution in [2.24, 2.45) is 5.92 Å². The van der Waals surface area contributed by atoms with Gasteiger partial charge in [0, 0.05) is 13.0 Å². The lowest BCUT2D eigenvalue weighted by molar-refractivity contribution is -0.162. The van der Waals surface area contributed by atoms with Crippen LogP contribution in [0, 0.1) is 5.92 Å². The zero-order chi connectivity index (χ0) is 13.9. The first-order chi connectivity index (χ1) is 8.24. The molecule has 4 nitrogen and oxygen atoms in total. The summed E-state index contributed by atoms with van der Waals surface area (Å²) >= 11 is 0. The monoisotopic (exact) mass is 266 g/mol. The lowest BCUT2D eigenvalue weighted by Gasteiger charge is -2.27. The molecular formula is C11H17F3N2O2. The van der Waals surface area contributed by atoms with Crippen LogP contribution < -0.4 is 5.32 Å². The van der Waals surface area contributed by atoms with Crippen LogP contribution in [0.25, 0.3) is 0 Å². The summed E-state index contributed by atoms with van der Waals surface area (Å²) in [6.45, 7) is 2.08. The van der Waals surface area contributed by atoms with Gasteiger partial charge in [-0.3, -0.25) is 9.59 Å². The Hall–Kier alpha value is -1.27. The van der Waals surface area contributed by atoms with Gasteiger partial charge in [0.15, 0.2) is 0 Å². The molecule has 1 N–H and O–H groups in total. The third kappa shape index (κ3) is 3.89. The number of hydrogen-bond acceptors (Lipinski definition) is 2. The first kappa shape index (κ1) is 14.8. The van der Waals surface area contributed by atoms with E-state index in [9.17, 15) is 22.8 Å². The van der Waals surface area contributed by atoms with Crippen molar-refractivity contribution in [3.63, 3.8) is 0 Å². The predicted octanol–water partition coefficient (Wildman–Crippen LogP) is 1.31. The minimum absolute atomic E-state index is 0.0885. The summed E-state index contributed by atoms with van der Waals surface area (Å²) in [6, 6.07) is -0.854. The first-order valence-electron chi connectivity index (χ1n) is 5.89. The third-order valence-electron chi connectivity index (χ3n) is 3.09. The molecule has 2 atom stereocenters. The van der Waals surface area contributed by atoms with Gasteiger partial charge in [0.1, 0.15) is 12.6 Å². The van der Waals surface area contributed by atoms with Gasteiger partial charge in [-0.2, -0.15) is 13.2 Å². The molecule has 18 heavy (non-hydrogen) atoms. The van der Waals surface area contributed by atoms with Crippen LogP contribution in [0.2, 0.25) is 0 Å². The molecule has 0 aromatic carbocycles. The summed E-state index contributed by atoms with van der Waals surface area (Å²) in [5.74, 6) is -1.21. The molecule has 1 fully saturated rings. The Morgan fingerprint density at radius 3 is 2.56 bits per heavy atom. The van der Waals surface area contributed by atoms with E-state index in [1.165, 1.54) is 0 Å². The maximum Gasteiger partial charge on any atom is 0.406 e. The van der Waals surface area contributed by atoms with E-state index in [0.29, 0.717) is 11.3 Å². The second-order valence-electron chi connectivity index (χ2n) is 4.56. The first-order valence-corrected chi connectivity index (χ1v) is 5.89. The molecule has 1 saturated heterocycles. The van der Waals surface area contributed by atoms with Gasteiger partial charge in [0.2, 0.25) is 11.8 Å². The molecule has 0 spiro atoms. The molecule has 0 aromatic heterocycles. The molecule has 2 unspecified atom stereocenters. The highest BCUT2D eigenvalue weighted by molar-refractivity contribution is 5.90. The van der Waals surface area contributed by atoms with Crippen LogP contribution in [0.4, 0.5) is 13.2 Å². The van der Waals surface area contributed by atoms with Crippen LogP contribution in [0.5, 0.6) is 0 Å². The van der Waals surface area contributed by atoms with Crippen LogP contribution in [0.15, 0.2) is 0 Å². The topological polar surface area (TPSA) is 49.4 Å². The Bertz CT molecular complexity index is 331. The minimum atomic E-state index is -4.44. The lowest BCUT2D eigenvalue weighted by Crippen LogP contribution is -2.50. The second kappa shape index (κ2) is 5.58. The molecule has 104 valence electrons. The quantitative estimate of drug-likeness (QED) is 0.837. The Balaban J connectivity index is 2.86. The lowest BCUT2D eigenvalue weighted by atomic mass is 9.98. The second-order valence-corrected chi connectivity index (χ2v) is 4.56. The molecule has 7 heteroatoms. The summed E-state index contributed by atoms with van der Waals surface area (Å²) in [4.78, 5) is 24.1. The van der Waals surface area contributed by atoms with Gasteiger partial charge in [-0.1, -0.05) is 20.3 Å². The minimum Gasteiger partial charge on any atom is -0.344 e. The molecule has 2 amide bonds. The fourth-order valence-corrected chi connectivity index (χ4v) is 1.85. The molecular weight excluding hydrogens is 249 g/mol. The highest BCUT2D eigenvalue weighted by Crippen LogP contribution is 2.20. The molecule has 1 heterocycles. The van der Waals surface area contributed by atoms with E-state index >= 15 is 0 Å². The predicted molar refractivity (Wildman–Crippen MR) is 58.6 cm³/mol. The largest absolute Gasteiger partial charge is 0.406 e. The van der Waals surface area contributed by atoms with E-state index in [2.05, 4.69) is 5.32 Å². The van der Waals surface area contributed by atoms with Crippen LogP contribution in [-0.2, 0) is 9.59 Å². The Morgan fingerprint density at radius 2 is 2.06 bits per heavy atom. The molecule has 0 aliphatic carbocycles. The summed E-state index contributed by atoms with van der Waals surface area (Å²) in [5.41, 5.74) is 0. The van der Waals surface area contributed by atoms with Crippen molar-refractivity contribution in [1.82, 2.24) is 10.2 Å². The fourth-order valence-electron chi connectivity index (χ4n) is 1.85. The number of rotatable bonds is 3. The van der Waals surface area contributed by atoms with Crippen molar-refractivity contribution in [2.75, 3.05) is 13.1 Å². The van der Waals surface area contributed by atoms with E-state index in [4.69, 9.17) is 0 Å². The van der Waals surface area contributed by atoms with Gasteiger partial charge in [-0.25, -0.2) is 0 Å².